The molecule has 0 aliphatic carbocycles. The molecular weight excluding hydrogens is 332 g/mol. The van der Waals surface area contributed by atoms with Gasteiger partial charge in [0.1, 0.15) is 10.7 Å². The van der Waals surface area contributed by atoms with Crippen LogP contribution in [0.15, 0.2) is 26.1 Å². The summed E-state index contributed by atoms with van der Waals surface area (Å²) in [4.78, 5) is 21.4. The second-order valence-corrected chi connectivity index (χ2v) is 7.40. The number of rotatable bonds is 2. The van der Waals surface area contributed by atoms with E-state index in [2.05, 4.69) is 25.9 Å². The van der Waals surface area contributed by atoms with E-state index in [9.17, 15) is 4.79 Å². The van der Waals surface area contributed by atoms with Crippen LogP contribution < -0.4 is 5.56 Å². The lowest BCUT2D eigenvalue weighted by Crippen LogP contribution is -2.11. The minimum Gasteiger partial charge on any atom is -0.310 e. The highest BCUT2D eigenvalue weighted by molar-refractivity contribution is 9.11. The number of halogens is 1. The van der Waals surface area contributed by atoms with Gasteiger partial charge in [-0.15, -0.1) is 22.7 Å². The van der Waals surface area contributed by atoms with Gasteiger partial charge >= 0.3 is 0 Å². The maximum Gasteiger partial charge on any atom is 0.259 e. The Labute approximate surface area is 120 Å². The van der Waals surface area contributed by atoms with Gasteiger partial charge in [0.2, 0.25) is 0 Å². The average molecular weight is 341 g/mol. The molecule has 18 heavy (non-hydrogen) atoms. The first kappa shape index (κ1) is 12.1. The Bertz CT molecular complexity index is 772. The highest BCUT2D eigenvalue weighted by Gasteiger charge is 2.09. The minimum atomic E-state index is -0.0376. The number of nitrogens with zero attached hydrogens (tertiary/aromatic N) is 1. The molecule has 0 aromatic carbocycles. The molecule has 92 valence electrons. The monoisotopic (exact) mass is 340 g/mol. The third-order valence-corrected chi connectivity index (χ3v) is 5.26. The maximum atomic E-state index is 12.0. The molecule has 0 saturated carbocycles. The summed E-state index contributed by atoms with van der Waals surface area (Å²) in [5.74, 6) is 0.726. The molecule has 0 atom stereocenters. The van der Waals surface area contributed by atoms with E-state index in [1.165, 1.54) is 16.2 Å². The summed E-state index contributed by atoms with van der Waals surface area (Å²) in [5, 5.41) is 2.69. The predicted molar refractivity (Wildman–Crippen MR) is 79.8 cm³/mol. The van der Waals surface area contributed by atoms with E-state index in [0.717, 1.165) is 25.4 Å². The van der Waals surface area contributed by atoms with Gasteiger partial charge in [-0.3, -0.25) is 4.79 Å². The molecule has 3 rings (SSSR count). The Balaban J connectivity index is 2.05. The molecule has 0 amide bonds. The molecule has 3 aromatic heterocycles. The highest BCUT2D eigenvalue weighted by atomic mass is 79.9. The second-order valence-electron chi connectivity index (χ2n) is 3.99. The molecule has 0 aliphatic heterocycles. The molecule has 6 heteroatoms. The van der Waals surface area contributed by atoms with Gasteiger partial charge in [0, 0.05) is 11.3 Å². The molecule has 1 N–H and O–H groups in total. The van der Waals surface area contributed by atoms with Crippen LogP contribution in [0.2, 0.25) is 0 Å². The number of nitrogens with one attached hydrogen (secondary N) is 1. The highest BCUT2D eigenvalue weighted by Crippen LogP contribution is 2.24. The van der Waals surface area contributed by atoms with Crippen molar-refractivity contribution in [2.75, 3.05) is 0 Å². The number of hydrogen-bond donors (Lipinski definition) is 1. The minimum absolute atomic E-state index is 0.0376. The third-order valence-electron chi connectivity index (χ3n) is 2.65. The Morgan fingerprint density at radius 2 is 2.28 bits per heavy atom. The fourth-order valence-electron chi connectivity index (χ4n) is 1.83. The Morgan fingerprint density at radius 1 is 1.44 bits per heavy atom. The number of hydrogen-bond acceptors (Lipinski definition) is 4. The standard InChI is InChI=1S/C12H9BrN2OS2/c1-6-5-17-12-10(6)11(16)14-9(15-12)4-7-2-3-8(13)18-7/h2-3,5H,4H2,1H3,(H,14,15,16). The van der Waals surface area contributed by atoms with Crippen LogP contribution in [0, 0.1) is 6.92 Å². The van der Waals surface area contributed by atoms with Crippen LogP contribution >= 0.6 is 38.6 Å². The van der Waals surface area contributed by atoms with Crippen LogP contribution in [0.25, 0.3) is 10.2 Å². The number of fused-ring (bicyclic) bond motifs is 1. The van der Waals surface area contributed by atoms with Gasteiger partial charge in [0.05, 0.1) is 9.17 Å². The number of aryl methyl sites for hydroxylation is 1. The second kappa shape index (κ2) is 4.60. The molecule has 3 aromatic rings. The van der Waals surface area contributed by atoms with E-state index in [0.29, 0.717) is 6.42 Å². The molecule has 0 bridgehead atoms. The van der Waals surface area contributed by atoms with E-state index in [1.54, 1.807) is 11.3 Å². The van der Waals surface area contributed by atoms with Crippen molar-refractivity contribution >= 4 is 48.8 Å². The summed E-state index contributed by atoms with van der Waals surface area (Å²) < 4.78 is 1.09. The summed E-state index contributed by atoms with van der Waals surface area (Å²) in [5.41, 5.74) is 0.957. The summed E-state index contributed by atoms with van der Waals surface area (Å²) in [6.45, 7) is 1.94. The van der Waals surface area contributed by atoms with Crippen LogP contribution in [-0.4, -0.2) is 9.97 Å². The SMILES string of the molecule is Cc1csc2nc(Cc3ccc(Br)s3)[nH]c(=O)c12. The van der Waals surface area contributed by atoms with Crippen LogP contribution in [0.4, 0.5) is 0 Å². The summed E-state index contributed by atoms with van der Waals surface area (Å²) in [6.07, 6.45) is 0.665. The van der Waals surface area contributed by atoms with Crippen molar-refractivity contribution < 1.29 is 0 Å². The van der Waals surface area contributed by atoms with Gasteiger partial charge in [0.15, 0.2) is 0 Å². The van der Waals surface area contributed by atoms with Gasteiger partial charge in [-0.25, -0.2) is 4.98 Å². The van der Waals surface area contributed by atoms with Crippen molar-refractivity contribution in [3.8, 4) is 0 Å². The topological polar surface area (TPSA) is 45.8 Å². The average Bonchev–Trinajstić information content (AvgIpc) is 2.86. The smallest absolute Gasteiger partial charge is 0.259 e. The lowest BCUT2D eigenvalue weighted by atomic mass is 10.2. The zero-order chi connectivity index (χ0) is 12.7. The Hall–Kier alpha value is -0.980. The Morgan fingerprint density at radius 3 is 3.00 bits per heavy atom. The molecular formula is C12H9BrN2OS2. The van der Waals surface area contributed by atoms with E-state index < -0.39 is 0 Å². The van der Waals surface area contributed by atoms with Crippen LogP contribution in [0.1, 0.15) is 16.3 Å². The summed E-state index contributed by atoms with van der Waals surface area (Å²) in [6, 6.07) is 4.05. The molecule has 0 unspecified atom stereocenters. The lowest BCUT2D eigenvalue weighted by Gasteiger charge is -1.98. The summed E-state index contributed by atoms with van der Waals surface area (Å²) >= 11 is 6.61. The van der Waals surface area contributed by atoms with Gasteiger partial charge < -0.3 is 4.98 Å². The maximum absolute atomic E-state index is 12.0. The van der Waals surface area contributed by atoms with Crippen LogP contribution in [-0.2, 0) is 6.42 Å². The van der Waals surface area contributed by atoms with Crippen molar-refractivity contribution in [1.82, 2.24) is 9.97 Å². The summed E-state index contributed by atoms with van der Waals surface area (Å²) in [7, 11) is 0. The first-order valence-corrected chi connectivity index (χ1v) is 7.83. The van der Waals surface area contributed by atoms with Crippen LogP contribution in [0.5, 0.6) is 0 Å². The number of aromatic nitrogens is 2. The zero-order valence-corrected chi connectivity index (χ0v) is 12.7. The van der Waals surface area contributed by atoms with Crippen molar-refractivity contribution in [1.29, 1.82) is 0 Å². The van der Waals surface area contributed by atoms with Gasteiger partial charge in [0.25, 0.3) is 5.56 Å². The number of H-pyrrole nitrogens is 1. The van der Waals surface area contributed by atoms with E-state index >= 15 is 0 Å². The number of thiophene rings is 2. The third kappa shape index (κ3) is 2.15. The normalized spacial score (nSPS) is 11.2. The van der Waals surface area contributed by atoms with Gasteiger partial charge in [-0.2, -0.15) is 0 Å². The van der Waals surface area contributed by atoms with Crippen molar-refractivity contribution in [3.05, 3.63) is 47.9 Å². The Kier molecular flexibility index (Phi) is 3.09. The van der Waals surface area contributed by atoms with Gasteiger partial charge in [-0.1, -0.05) is 0 Å². The van der Waals surface area contributed by atoms with E-state index in [-0.39, 0.29) is 5.56 Å². The predicted octanol–water partition coefficient (Wildman–Crippen LogP) is 3.71. The van der Waals surface area contributed by atoms with E-state index in [1.807, 2.05) is 24.4 Å². The van der Waals surface area contributed by atoms with Crippen molar-refractivity contribution in [2.45, 2.75) is 13.3 Å². The first-order valence-electron chi connectivity index (χ1n) is 5.34. The first-order chi connectivity index (χ1) is 8.63. The molecule has 3 heterocycles. The van der Waals surface area contributed by atoms with Crippen molar-refractivity contribution in [3.63, 3.8) is 0 Å². The lowest BCUT2D eigenvalue weighted by molar-refractivity contribution is 0.989. The zero-order valence-electron chi connectivity index (χ0n) is 9.49. The number of aromatic amines is 1. The molecule has 0 fully saturated rings. The molecule has 0 saturated heterocycles. The fourth-order valence-corrected chi connectivity index (χ4v) is 4.26. The quantitative estimate of drug-likeness (QED) is 0.772. The van der Waals surface area contributed by atoms with E-state index in [4.69, 9.17) is 0 Å². The molecule has 3 nitrogen and oxygen atoms in total. The van der Waals surface area contributed by atoms with Gasteiger partial charge in [-0.05, 0) is 45.9 Å². The molecule has 0 aliphatic rings. The fraction of sp³-hybridized carbons (Fsp3) is 0.167. The largest absolute Gasteiger partial charge is 0.310 e. The molecule has 0 radical (unpaired) electrons. The van der Waals surface area contributed by atoms with Crippen LogP contribution in [0.3, 0.4) is 0 Å². The molecule has 0 spiro atoms. The van der Waals surface area contributed by atoms with Crippen molar-refractivity contribution in [2.24, 2.45) is 0 Å².